The molecule has 3 aromatic rings. The van der Waals surface area contributed by atoms with Crippen LogP contribution in [0.3, 0.4) is 0 Å². The summed E-state index contributed by atoms with van der Waals surface area (Å²) in [5.41, 5.74) is 1.18. The first kappa shape index (κ1) is 17.3. The zero-order valence-corrected chi connectivity index (χ0v) is 15.2. The molecule has 0 bridgehead atoms. The number of amides is 1. The van der Waals surface area contributed by atoms with Crippen molar-refractivity contribution in [1.82, 2.24) is 19.4 Å². The molecule has 140 valence electrons. The van der Waals surface area contributed by atoms with Crippen molar-refractivity contribution in [2.75, 3.05) is 20.2 Å². The average molecular weight is 366 g/mol. The fraction of sp³-hybridized carbons (Fsp3) is 0.350. The number of furan rings is 1. The molecule has 0 radical (unpaired) electrons. The van der Waals surface area contributed by atoms with E-state index in [-0.39, 0.29) is 11.8 Å². The highest BCUT2D eigenvalue weighted by Crippen LogP contribution is 2.28. The lowest BCUT2D eigenvalue weighted by atomic mass is 9.96. The van der Waals surface area contributed by atoms with E-state index in [4.69, 9.17) is 9.15 Å². The van der Waals surface area contributed by atoms with Crippen molar-refractivity contribution in [1.29, 1.82) is 0 Å². The first-order valence-corrected chi connectivity index (χ1v) is 9.07. The Balaban J connectivity index is 1.49. The summed E-state index contributed by atoms with van der Waals surface area (Å²) in [7, 11) is 1.52. The molecule has 7 heteroatoms. The lowest BCUT2D eigenvalue weighted by Crippen LogP contribution is -2.39. The van der Waals surface area contributed by atoms with E-state index < -0.39 is 0 Å². The first-order chi connectivity index (χ1) is 13.2. The number of imidazole rings is 1. The standard InChI is InChI=1S/C20H22N4O3/c1-26-18-5-4-17(27-18)20(25)24-11-2-3-16(14-24)19-22-10-12-23(19)13-15-6-8-21-9-7-15/h4-10,12,16H,2-3,11,13-14H2,1H3/t16-/m0/s1. The molecule has 4 rings (SSSR count). The molecular weight excluding hydrogens is 344 g/mol. The van der Waals surface area contributed by atoms with Crippen LogP contribution in [0.5, 0.6) is 5.95 Å². The molecule has 0 saturated carbocycles. The maximum atomic E-state index is 12.8. The predicted octanol–water partition coefficient (Wildman–Crippen LogP) is 2.95. The second-order valence-electron chi connectivity index (χ2n) is 6.68. The SMILES string of the molecule is COc1ccc(C(=O)N2CCC[C@H](c3nccn3Cc3ccncc3)C2)o1. The highest BCUT2D eigenvalue weighted by Gasteiger charge is 2.29. The van der Waals surface area contributed by atoms with Gasteiger partial charge in [-0.3, -0.25) is 9.78 Å². The number of aromatic nitrogens is 3. The van der Waals surface area contributed by atoms with Crippen LogP contribution in [0.1, 0.15) is 40.7 Å². The third kappa shape index (κ3) is 3.72. The van der Waals surface area contributed by atoms with Gasteiger partial charge in [-0.2, -0.15) is 0 Å². The van der Waals surface area contributed by atoms with Gasteiger partial charge in [-0.1, -0.05) is 0 Å². The summed E-state index contributed by atoms with van der Waals surface area (Å²) >= 11 is 0. The van der Waals surface area contributed by atoms with E-state index in [2.05, 4.69) is 14.5 Å². The van der Waals surface area contributed by atoms with Crippen molar-refractivity contribution in [3.05, 3.63) is 66.2 Å². The van der Waals surface area contributed by atoms with Crippen LogP contribution in [0, 0.1) is 0 Å². The largest absolute Gasteiger partial charge is 0.468 e. The number of hydrogen-bond donors (Lipinski definition) is 0. The fourth-order valence-corrected chi connectivity index (χ4v) is 3.57. The molecule has 7 nitrogen and oxygen atoms in total. The monoisotopic (exact) mass is 366 g/mol. The van der Waals surface area contributed by atoms with E-state index in [1.165, 1.54) is 12.7 Å². The Kier molecular flexibility index (Phi) is 4.91. The van der Waals surface area contributed by atoms with Crippen molar-refractivity contribution in [2.24, 2.45) is 0 Å². The van der Waals surface area contributed by atoms with Gasteiger partial charge in [-0.05, 0) is 36.6 Å². The van der Waals surface area contributed by atoms with Gasteiger partial charge < -0.3 is 18.6 Å². The van der Waals surface area contributed by atoms with Crippen LogP contribution < -0.4 is 4.74 Å². The molecule has 1 aliphatic heterocycles. The normalized spacial score (nSPS) is 17.1. The lowest BCUT2D eigenvalue weighted by Gasteiger charge is -2.32. The summed E-state index contributed by atoms with van der Waals surface area (Å²) in [5, 5.41) is 0. The summed E-state index contributed by atoms with van der Waals surface area (Å²) in [4.78, 5) is 23.3. The molecule has 1 atom stereocenters. The molecule has 1 saturated heterocycles. The number of carbonyl (C=O) groups is 1. The topological polar surface area (TPSA) is 73.4 Å². The molecule has 1 amide bonds. The van der Waals surface area contributed by atoms with Crippen LogP contribution in [-0.2, 0) is 6.54 Å². The van der Waals surface area contributed by atoms with Gasteiger partial charge in [-0.25, -0.2) is 4.98 Å². The Labute approximate surface area is 157 Å². The van der Waals surface area contributed by atoms with E-state index >= 15 is 0 Å². The predicted molar refractivity (Wildman–Crippen MR) is 98.7 cm³/mol. The van der Waals surface area contributed by atoms with E-state index in [0.29, 0.717) is 18.3 Å². The fourth-order valence-electron chi connectivity index (χ4n) is 3.57. The molecule has 27 heavy (non-hydrogen) atoms. The number of ether oxygens (including phenoxy) is 1. The van der Waals surface area contributed by atoms with Crippen molar-refractivity contribution in [2.45, 2.75) is 25.3 Å². The summed E-state index contributed by atoms with van der Waals surface area (Å²) in [6, 6.07) is 7.33. The van der Waals surface area contributed by atoms with E-state index in [1.807, 2.05) is 29.4 Å². The van der Waals surface area contributed by atoms with Gasteiger partial charge in [0.15, 0.2) is 5.76 Å². The Morgan fingerprint density at radius 2 is 2.11 bits per heavy atom. The average Bonchev–Trinajstić information content (AvgIpc) is 3.38. The molecule has 0 unspecified atom stereocenters. The van der Waals surface area contributed by atoms with Crippen molar-refractivity contribution in [3.8, 4) is 5.95 Å². The molecule has 1 fully saturated rings. The van der Waals surface area contributed by atoms with Gasteiger partial charge in [-0.15, -0.1) is 0 Å². The number of methoxy groups -OCH3 is 1. The number of carbonyl (C=O) groups excluding carboxylic acids is 1. The Bertz CT molecular complexity index is 903. The number of rotatable bonds is 5. The van der Waals surface area contributed by atoms with Crippen molar-refractivity contribution in [3.63, 3.8) is 0 Å². The Morgan fingerprint density at radius 3 is 2.89 bits per heavy atom. The molecule has 0 aromatic carbocycles. The van der Waals surface area contributed by atoms with Gasteiger partial charge in [0.2, 0.25) is 0 Å². The number of piperidine rings is 1. The van der Waals surface area contributed by atoms with E-state index in [0.717, 1.165) is 31.8 Å². The molecule has 3 aromatic heterocycles. The number of hydrogen-bond acceptors (Lipinski definition) is 5. The molecular formula is C20H22N4O3. The van der Waals surface area contributed by atoms with Crippen molar-refractivity contribution >= 4 is 5.91 Å². The second kappa shape index (κ2) is 7.65. The van der Waals surface area contributed by atoms with Crippen LogP contribution in [0.15, 0.2) is 53.5 Å². The first-order valence-electron chi connectivity index (χ1n) is 9.07. The molecule has 0 N–H and O–H groups in total. The second-order valence-corrected chi connectivity index (χ2v) is 6.68. The van der Waals surface area contributed by atoms with Gasteiger partial charge >= 0.3 is 0 Å². The molecule has 1 aliphatic rings. The zero-order valence-electron chi connectivity index (χ0n) is 15.2. The maximum absolute atomic E-state index is 12.8. The molecule has 0 spiro atoms. The van der Waals surface area contributed by atoms with Crippen molar-refractivity contribution < 1.29 is 13.9 Å². The number of likely N-dealkylation sites (tertiary alicyclic amines) is 1. The van der Waals surface area contributed by atoms with Crippen LogP contribution in [0.2, 0.25) is 0 Å². The highest BCUT2D eigenvalue weighted by atomic mass is 16.6. The van der Waals surface area contributed by atoms with Crippen LogP contribution >= 0.6 is 0 Å². The van der Waals surface area contributed by atoms with Gasteiger partial charge in [0.25, 0.3) is 11.9 Å². The summed E-state index contributed by atoms with van der Waals surface area (Å²) in [6.07, 6.45) is 9.37. The summed E-state index contributed by atoms with van der Waals surface area (Å²) in [6.45, 7) is 2.11. The van der Waals surface area contributed by atoms with Crippen LogP contribution in [-0.4, -0.2) is 45.5 Å². The zero-order chi connectivity index (χ0) is 18.6. The van der Waals surface area contributed by atoms with Crippen LogP contribution in [0.4, 0.5) is 0 Å². The maximum Gasteiger partial charge on any atom is 0.289 e. The third-order valence-electron chi connectivity index (χ3n) is 4.92. The quantitative estimate of drug-likeness (QED) is 0.694. The lowest BCUT2D eigenvalue weighted by molar-refractivity contribution is 0.0665. The number of nitrogens with zero attached hydrogens (tertiary/aromatic N) is 4. The van der Waals surface area contributed by atoms with Gasteiger partial charge in [0.1, 0.15) is 5.82 Å². The van der Waals surface area contributed by atoms with Gasteiger partial charge in [0, 0.05) is 56.4 Å². The minimum Gasteiger partial charge on any atom is -0.468 e. The minimum atomic E-state index is -0.102. The minimum absolute atomic E-state index is 0.102. The third-order valence-corrected chi connectivity index (χ3v) is 4.92. The molecule has 4 heterocycles. The van der Waals surface area contributed by atoms with Gasteiger partial charge in [0.05, 0.1) is 7.11 Å². The highest BCUT2D eigenvalue weighted by molar-refractivity contribution is 5.91. The molecule has 0 aliphatic carbocycles. The van der Waals surface area contributed by atoms with E-state index in [1.54, 1.807) is 24.5 Å². The summed E-state index contributed by atoms with van der Waals surface area (Å²) < 4.78 is 12.6. The Hall–Kier alpha value is -3.09. The number of pyridine rings is 1. The Morgan fingerprint density at radius 1 is 1.26 bits per heavy atom. The summed E-state index contributed by atoms with van der Waals surface area (Å²) in [5.74, 6) is 1.78. The smallest absolute Gasteiger partial charge is 0.289 e. The van der Waals surface area contributed by atoms with Crippen LogP contribution in [0.25, 0.3) is 0 Å². The van der Waals surface area contributed by atoms with E-state index in [9.17, 15) is 4.79 Å².